The fourth-order valence-corrected chi connectivity index (χ4v) is 18.8. The van der Waals surface area contributed by atoms with Crippen molar-refractivity contribution >= 4 is 54.0 Å². The van der Waals surface area contributed by atoms with E-state index in [1.54, 1.807) is 65.6 Å². The molecule has 8 aromatic carbocycles. The van der Waals surface area contributed by atoms with E-state index in [9.17, 15) is 43.6 Å². The Balaban J connectivity index is 0.000000137. The quantitative estimate of drug-likeness (QED) is 0.00662. The third-order valence-corrected chi connectivity index (χ3v) is 27.6. The SMILES string of the molecule is CC(C)(C)OC(=O)N(CC1(C(N)=NO)CCC1)[C@H]1CC1c1ccccc1.CC(C)(C)OC(=O)N(CC1(c2noc(-c3ccc(C(=O)O)cc3)n2)CCC1)[C@H]1CC1c1ccccc1.COC(=O)c1ccc(-c2nc(C3(CN(C(=O)OC(C)(C)C)[C@H]4CC4c4ccccc4)CCC3)no2)cc1.COC(=O)c1ccc(C(=O)O)cc1.O=C(O)c1ccc(-c2nc(C3(CN[C@H]4CC4c4ccccc4)CCC3)no2)cc1. The molecule has 3 heterocycles. The average molecular weight is 1920 g/mol. The summed E-state index contributed by atoms with van der Waals surface area (Å²) in [7, 11) is 2.62. The van der Waals surface area contributed by atoms with Crippen LogP contribution >= 0.6 is 0 Å². The number of carbonyl (C=O) groups is 8. The van der Waals surface area contributed by atoms with Crippen molar-refractivity contribution in [1.29, 1.82) is 0 Å². The lowest BCUT2D eigenvalue weighted by atomic mass is 9.67. The summed E-state index contributed by atoms with van der Waals surface area (Å²) in [5.41, 5.74) is 11.5. The highest BCUT2D eigenvalue weighted by Gasteiger charge is 2.56. The van der Waals surface area contributed by atoms with Crippen molar-refractivity contribution in [2.45, 2.75) is 246 Å². The van der Waals surface area contributed by atoms with Crippen LogP contribution in [0.25, 0.3) is 34.4 Å². The van der Waals surface area contributed by atoms with Crippen LogP contribution in [0.15, 0.2) is 237 Å². The molecule has 3 amide bonds. The predicted molar refractivity (Wildman–Crippen MR) is 523 cm³/mol. The Kier molecular flexibility index (Phi) is 30.6. The van der Waals surface area contributed by atoms with Crippen LogP contribution in [-0.2, 0) is 39.9 Å². The normalized spacial score (nSPS) is 20.3. The van der Waals surface area contributed by atoms with Gasteiger partial charge in [0, 0.05) is 102 Å². The zero-order valence-electron chi connectivity index (χ0n) is 81.4. The molecule has 0 saturated heterocycles. The van der Waals surface area contributed by atoms with E-state index in [1.807, 2.05) is 127 Å². The second-order valence-electron chi connectivity index (χ2n) is 41.0. The number of carbonyl (C=O) groups excluding carboxylic acids is 5. The van der Waals surface area contributed by atoms with Crippen molar-refractivity contribution in [2.24, 2.45) is 16.3 Å². The van der Waals surface area contributed by atoms with E-state index in [0.717, 1.165) is 113 Å². The maximum atomic E-state index is 13.4. The molecule has 11 aromatic rings. The van der Waals surface area contributed by atoms with Crippen molar-refractivity contribution in [2.75, 3.05) is 40.4 Å². The van der Waals surface area contributed by atoms with E-state index < -0.39 is 57.5 Å². The van der Waals surface area contributed by atoms with Gasteiger partial charge in [-0.3, -0.25) is 0 Å². The molecule has 8 aliphatic rings. The number of rotatable bonds is 28. The number of amidine groups is 1. The van der Waals surface area contributed by atoms with E-state index in [-0.39, 0.29) is 75.7 Å². The third kappa shape index (κ3) is 24.7. The Bertz CT molecular complexity index is 6200. The minimum Gasteiger partial charge on any atom is -0.478 e. The summed E-state index contributed by atoms with van der Waals surface area (Å²) < 4.78 is 43.2. The lowest BCUT2D eigenvalue weighted by molar-refractivity contribution is 0.0109. The number of ether oxygens (including phenoxy) is 5. The van der Waals surface area contributed by atoms with Crippen LogP contribution in [0.5, 0.6) is 0 Å². The van der Waals surface area contributed by atoms with E-state index in [1.165, 1.54) is 85.7 Å². The molecule has 0 spiro atoms. The van der Waals surface area contributed by atoms with Gasteiger partial charge in [0.1, 0.15) is 22.6 Å². The molecular formula is C109H124N12O20. The largest absolute Gasteiger partial charge is 0.478 e. The van der Waals surface area contributed by atoms with Gasteiger partial charge in [0.25, 0.3) is 17.7 Å². The monoisotopic (exact) mass is 1920 g/mol. The first-order valence-electron chi connectivity index (χ1n) is 48.1. The van der Waals surface area contributed by atoms with Crippen LogP contribution in [0.1, 0.15) is 280 Å². The first-order chi connectivity index (χ1) is 67.4. The van der Waals surface area contributed by atoms with Crippen molar-refractivity contribution in [3.8, 4) is 34.4 Å². The van der Waals surface area contributed by atoms with Gasteiger partial charge in [-0.25, -0.2) is 38.4 Å². The highest BCUT2D eigenvalue weighted by Crippen LogP contribution is 2.54. The molecule has 8 aliphatic carbocycles. The van der Waals surface area contributed by atoms with Gasteiger partial charge in [-0.2, -0.15) is 15.0 Å². The lowest BCUT2D eigenvalue weighted by Crippen LogP contribution is -2.53. The van der Waals surface area contributed by atoms with Crippen LogP contribution in [0.3, 0.4) is 0 Å². The smallest absolute Gasteiger partial charge is 0.410 e. The van der Waals surface area contributed by atoms with Gasteiger partial charge >= 0.3 is 48.1 Å². The third-order valence-electron chi connectivity index (χ3n) is 27.6. The lowest BCUT2D eigenvalue weighted by Gasteiger charge is -2.44. The number of carboxylic acid groups (broad SMARTS) is 3. The number of nitrogens with one attached hydrogen (secondary N) is 1. The van der Waals surface area contributed by atoms with Crippen LogP contribution < -0.4 is 11.1 Å². The standard InChI is InChI=1S/C29H33N3O5.C28H31N3O5.C23H23N3O3.C20H29N3O3.C9H8O4/c1-28(2,3)36-27(34)32(23-17-22(23)19-9-6-5-7-10-19)18-29(15-8-16-29)26-30-24(37-31-26)20-11-13-21(14-12-20)25(33)35-4;1-27(2,3)35-26(34)31(22-16-21(22)18-8-5-4-6-9-18)17-28(14-7-15-28)25-29-23(36-30-25)19-10-12-20(13-11-19)24(32)33;27-21(28)17-9-7-16(8-10-17)20-25-22(26-29-20)23(11-4-12-23)14-24-19-13-18(19)15-5-2-1-3-6-15;1-19(2,3)26-18(24)23(13-20(10-7-11-20)17(21)22-25)16-12-15(16)14-8-5-4-6-9-14;1-13-9(12)7-4-2-6(3-5-7)8(10)11/h5-7,9-14,22-23H,8,15-18H2,1-4H3;4-6,8-13,21-22H,7,14-17H2,1-3H3,(H,32,33);1-3,5-10,18-19,24H,4,11-14H2,(H,27,28);4-6,8-9,15-16,25H,7,10-13H2,1-3H3,(H2,21,22);2-5H,1H3,(H,10,11)/t22?,23-;21?,22-;18?,19-;15?,16-;/m0000./s1. The fourth-order valence-electron chi connectivity index (χ4n) is 18.8. The van der Waals surface area contributed by atoms with Crippen molar-refractivity contribution in [3.05, 3.63) is 286 Å². The molecule has 740 valence electrons. The maximum Gasteiger partial charge on any atom is 0.410 e. The first-order valence-corrected chi connectivity index (χ1v) is 48.1. The summed E-state index contributed by atoms with van der Waals surface area (Å²) in [6, 6.07) is 67.5. The molecule has 8 atom stereocenters. The second-order valence-corrected chi connectivity index (χ2v) is 41.0. The van der Waals surface area contributed by atoms with Crippen LogP contribution in [0.2, 0.25) is 0 Å². The molecule has 8 fully saturated rings. The van der Waals surface area contributed by atoms with Gasteiger partial charge in [0.2, 0.25) is 0 Å². The molecule has 19 rings (SSSR count). The van der Waals surface area contributed by atoms with Gasteiger partial charge in [-0.15, -0.1) is 0 Å². The molecule has 0 aliphatic heterocycles. The number of benzene rings is 8. The van der Waals surface area contributed by atoms with Crippen molar-refractivity contribution in [3.63, 3.8) is 0 Å². The van der Waals surface area contributed by atoms with E-state index in [0.29, 0.717) is 89.4 Å². The number of carboxylic acids is 3. The van der Waals surface area contributed by atoms with Gasteiger partial charge in [0.05, 0.1) is 52.9 Å². The summed E-state index contributed by atoms with van der Waals surface area (Å²) in [4.78, 5) is 115. The number of nitrogens with two attached hydrogens (primary N) is 1. The fraction of sp³-hybridized carbons (Fsp3) is 0.422. The van der Waals surface area contributed by atoms with Gasteiger partial charge < -0.3 is 83.5 Å². The second kappa shape index (κ2) is 42.7. The van der Waals surface area contributed by atoms with Crippen LogP contribution in [0, 0.1) is 5.41 Å². The minimum atomic E-state index is -1.02. The molecular weight excluding hydrogens is 1800 g/mol. The Morgan fingerprint density at radius 2 is 0.660 bits per heavy atom. The zero-order chi connectivity index (χ0) is 100. The Labute approximate surface area is 819 Å². The highest BCUT2D eigenvalue weighted by atomic mass is 16.6. The Hall–Kier alpha value is -14.4. The molecule has 0 radical (unpaired) electrons. The first kappa shape index (κ1) is 101. The van der Waals surface area contributed by atoms with Crippen molar-refractivity contribution in [1.82, 2.24) is 50.4 Å². The number of aromatic carboxylic acids is 3. The Morgan fingerprint density at radius 3 is 0.929 bits per heavy atom. The molecule has 32 heteroatoms. The Morgan fingerprint density at radius 1 is 0.383 bits per heavy atom. The number of aromatic nitrogens is 6. The van der Waals surface area contributed by atoms with Crippen LogP contribution in [0.4, 0.5) is 14.4 Å². The zero-order valence-corrected chi connectivity index (χ0v) is 81.4. The highest BCUT2D eigenvalue weighted by molar-refractivity contribution is 5.93. The molecule has 7 N–H and O–H groups in total. The topological polar surface area (TPSA) is 441 Å². The number of nitrogens with zero attached hydrogens (tertiary/aromatic N) is 10. The van der Waals surface area contributed by atoms with Gasteiger partial charge in [0.15, 0.2) is 17.5 Å². The van der Waals surface area contributed by atoms with E-state index >= 15 is 0 Å². The van der Waals surface area contributed by atoms with Gasteiger partial charge in [-0.1, -0.05) is 168 Å². The molecule has 0 bridgehead atoms. The number of hydrogen-bond donors (Lipinski definition) is 6. The number of hydrogen-bond acceptors (Lipinski definition) is 25. The number of oxime groups is 1. The van der Waals surface area contributed by atoms with Gasteiger partial charge in [-0.05, 0) is 259 Å². The summed E-state index contributed by atoms with van der Waals surface area (Å²) in [5.74, 6) is 0.980. The average Bonchev–Trinajstić information content (AvgIpc) is 1.64. The summed E-state index contributed by atoms with van der Waals surface area (Å²) in [6.45, 7) is 19.2. The molecule has 3 aromatic heterocycles. The number of esters is 2. The van der Waals surface area contributed by atoms with Crippen molar-refractivity contribution < 1.29 is 96.1 Å². The summed E-state index contributed by atoms with van der Waals surface area (Å²) >= 11 is 0. The van der Waals surface area contributed by atoms with E-state index in [2.05, 4.69) is 107 Å². The molecule has 32 nitrogen and oxygen atoms in total. The predicted octanol–water partition coefficient (Wildman–Crippen LogP) is 20.3. The molecule has 4 unspecified atom stereocenters. The summed E-state index contributed by atoms with van der Waals surface area (Å²) in [5, 5.41) is 55.8. The molecule has 141 heavy (non-hydrogen) atoms. The number of methoxy groups -OCH3 is 2. The van der Waals surface area contributed by atoms with E-state index in [4.69, 9.17) is 58.6 Å². The molecule has 8 saturated carbocycles. The summed E-state index contributed by atoms with van der Waals surface area (Å²) in [6.07, 6.45) is 14.4. The van der Waals surface area contributed by atoms with Crippen LogP contribution in [-0.4, -0.2) is 201 Å². The number of amides is 3. The minimum absolute atomic E-state index is 0.0629. The maximum absolute atomic E-state index is 13.4.